The van der Waals surface area contributed by atoms with Crippen LogP contribution in [0.15, 0.2) is 71.1 Å². The number of rotatable bonds is 7. The molecule has 1 N–H and O–H groups in total. The molecule has 2 heterocycles. The van der Waals surface area contributed by atoms with E-state index in [2.05, 4.69) is 16.9 Å². The molecule has 0 spiro atoms. The number of halogens is 1. The summed E-state index contributed by atoms with van der Waals surface area (Å²) in [5, 5.41) is 4.05. The maximum Gasteiger partial charge on any atom is 0.279 e. The topological polar surface area (TPSA) is 73.2 Å². The van der Waals surface area contributed by atoms with Crippen LogP contribution in [0.3, 0.4) is 0 Å². The molecule has 1 amide bonds. The van der Waals surface area contributed by atoms with Crippen molar-refractivity contribution in [3.8, 4) is 5.75 Å². The lowest BCUT2D eigenvalue weighted by atomic mass is 9.87. The number of thioether (sulfide) groups is 1. The van der Waals surface area contributed by atoms with Crippen LogP contribution in [0.1, 0.15) is 29.0 Å². The summed E-state index contributed by atoms with van der Waals surface area (Å²) in [5.74, 6) is 1.30. The summed E-state index contributed by atoms with van der Waals surface area (Å²) in [7, 11) is 1.80. The Morgan fingerprint density at radius 2 is 2.06 bits per heavy atom. The van der Waals surface area contributed by atoms with Crippen LogP contribution in [-0.2, 0) is 18.4 Å². The Balaban J connectivity index is 1.59. The molecular formula is C24H22ClN3O3S. The van der Waals surface area contributed by atoms with Crippen molar-refractivity contribution in [2.45, 2.75) is 24.1 Å². The van der Waals surface area contributed by atoms with Gasteiger partial charge in [-0.05, 0) is 35.4 Å². The first-order valence-corrected chi connectivity index (χ1v) is 11.4. The molecular weight excluding hydrogens is 446 g/mol. The van der Waals surface area contributed by atoms with Gasteiger partial charge >= 0.3 is 0 Å². The van der Waals surface area contributed by atoms with Crippen LogP contribution in [0.4, 0.5) is 5.82 Å². The molecule has 0 bridgehead atoms. The number of hydrogen-bond acceptors (Lipinski definition) is 5. The van der Waals surface area contributed by atoms with Crippen LogP contribution >= 0.6 is 23.4 Å². The van der Waals surface area contributed by atoms with Gasteiger partial charge in [-0.3, -0.25) is 9.59 Å². The largest absolute Gasteiger partial charge is 0.489 e. The van der Waals surface area contributed by atoms with Gasteiger partial charge in [-0.2, -0.15) is 4.98 Å². The lowest BCUT2D eigenvalue weighted by Crippen LogP contribution is -2.33. The van der Waals surface area contributed by atoms with Gasteiger partial charge in [-0.25, -0.2) is 0 Å². The van der Waals surface area contributed by atoms with Crippen molar-refractivity contribution in [2.24, 2.45) is 7.05 Å². The third-order valence-electron chi connectivity index (χ3n) is 5.21. The summed E-state index contributed by atoms with van der Waals surface area (Å²) < 4.78 is 7.61. The van der Waals surface area contributed by atoms with Crippen LogP contribution < -0.4 is 15.6 Å². The number of anilines is 1. The van der Waals surface area contributed by atoms with Gasteiger partial charge in [0.25, 0.3) is 5.56 Å². The third kappa shape index (κ3) is 4.74. The Morgan fingerprint density at radius 1 is 1.28 bits per heavy atom. The maximum atomic E-state index is 12.9. The minimum Gasteiger partial charge on any atom is -0.489 e. The molecule has 3 aromatic rings. The highest BCUT2D eigenvalue weighted by atomic mass is 35.5. The number of aromatic nitrogens is 2. The Morgan fingerprint density at radius 3 is 2.78 bits per heavy atom. The number of carbonyl (C=O) groups excluding carboxylic acids is 1. The highest BCUT2D eigenvalue weighted by Crippen LogP contribution is 2.36. The summed E-state index contributed by atoms with van der Waals surface area (Å²) in [6.45, 7) is 4.09. The predicted octanol–water partition coefficient (Wildman–Crippen LogP) is 4.76. The number of ether oxygens (including phenoxy) is 1. The van der Waals surface area contributed by atoms with E-state index in [0.29, 0.717) is 39.7 Å². The Hall–Kier alpha value is -3.03. The van der Waals surface area contributed by atoms with E-state index in [1.807, 2.05) is 48.5 Å². The van der Waals surface area contributed by atoms with Crippen molar-refractivity contribution in [2.75, 3.05) is 11.1 Å². The SMILES string of the molecule is C=CCSc1nc(=O)c2c(n1C)NC(=O)C[C@H]2c1ccc(OCc2cccc(Cl)c2)cc1. The molecule has 1 aliphatic rings. The Bertz CT molecular complexity index is 1220. The van der Waals surface area contributed by atoms with Crippen LogP contribution in [0.25, 0.3) is 0 Å². The highest BCUT2D eigenvalue weighted by Gasteiger charge is 2.32. The number of carbonyl (C=O) groups is 1. The van der Waals surface area contributed by atoms with Crippen molar-refractivity contribution in [1.29, 1.82) is 0 Å². The van der Waals surface area contributed by atoms with Crippen molar-refractivity contribution < 1.29 is 9.53 Å². The Labute approximate surface area is 195 Å². The lowest BCUT2D eigenvalue weighted by molar-refractivity contribution is -0.116. The number of benzene rings is 2. The smallest absolute Gasteiger partial charge is 0.279 e. The first-order chi connectivity index (χ1) is 15.5. The fourth-order valence-electron chi connectivity index (χ4n) is 3.67. The Kier molecular flexibility index (Phi) is 6.67. The summed E-state index contributed by atoms with van der Waals surface area (Å²) in [5.41, 5.74) is 2.01. The second-order valence-corrected chi connectivity index (χ2v) is 8.84. The molecule has 32 heavy (non-hydrogen) atoms. The van der Waals surface area contributed by atoms with Crippen LogP contribution in [0, 0.1) is 0 Å². The number of fused-ring (bicyclic) bond motifs is 1. The van der Waals surface area contributed by atoms with Crippen molar-refractivity contribution in [3.63, 3.8) is 0 Å². The van der Waals surface area contributed by atoms with Gasteiger partial charge < -0.3 is 14.6 Å². The van der Waals surface area contributed by atoms with Crippen molar-refractivity contribution >= 4 is 35.1 Å². The van der Waals surface area contributed by atoms with E-state index in [9.17, 15) is 9.59 Å². The maximum absolute atomic E-state index is 12.9. The summed E-state index contributed by atoms with van der Waals surface area (Å²) in [6.07, 6.45) is 1.93. The number of nitrogens with zero attached hydrogens (tertiary/aromatic N) is 2. The molecule has 0 saturated heterocycles. The zero-order valence-corrected chi connectivity index (χ0v) is 19.1. The van der Waals surface area contributed by atoms with E-state index in [1.165, 1.54) is 11.8 Å². The molecule has 0 unspecified atom stereocenters. The summed E-state index contributed by atoms with van der Waals surface area (Å²) in [4.78, 5) is 29.6. The van der Waals surface area contributed by atoms with Gasteiger partial charge in [-0.15, -0.1) is 6.58 Å². The van der Waals surface area contributed by atoms with E-state index in [0.717, 1.165) is 11.1 Å². The van der Waals surface area contributed by atoms with E-state index < -0.39 is 0 Å². The zero-order chi connectivity index (χ0) is 22.7. The highest BCUT2D eigenvalue weighted by molar-refractivity contribution is 7.99. The molecule has 164 valence electrons. The first kappa shape index (κ1) is 22.2. The molecule has 1 aliphatic heterocycles. The molecule has 1 atom stereocenters. The minimum absolute atomic E-state index is 0.135. The molecule has 0 radical (unpaired) electrons. The number of amides is 1. The van der Waals surface area contributed by atoms with Gasteiger partial charge in [0.1, 0.15) is 18.2 Å². The van der Waals surface area contributed by atoms with Gasteiger partial charge in [0.15, 0.2) is 5.16 Å². The van der Waals surface area contributed by atoms with Gasteiger partial charge in [0.2, 0.25) is 5.91 Å². The normalized spacial score (nSPS) is 15.1. The molecule has 1 aromatic heterocycles. The van der Waals surface area contributed by atoms with Crippen LogP contribution in [0.5, 0.6) is 5.75 Å². The zero-order valence-electron chi connectivity index (χ0n) is 17.5. The van der Waals surface area contributed by atoms with Crippen molar-refractivity contribution in [3.05, 3.63) is 93.3 Å². The van der Waals surface area contributed by atoms with Gasteiger partial charge in [-0.1, -0.05) is 53.7 Å². The molecule has 0 saturated carbocycles. The third-order valence-corrected chi connectivity index (χ3v) is 6.47. The minimum atomic E-state index is -0.370. The fourth-order valence-corrected chi connectivity index (χ4v) is 4.58. The molecule has 4 rings (SSSR count). The molecule has 0 aliphatic carbocycles. The van der Waals surface area contributed by atoms with E-state index >= 15 is 0 Å². The van der Waals surface area contributed by atoms with Crippen LogP contribution in [0.2, 0.25) is 5.02 Å². The van der Waals surface area contributed by atoms with E-state index in [1.54, 1.807) is 17.7 Å². The average Bonchev–Trinajstić information content (AvgIpc) is 2.79. The molecule has 6 nitrogen and oxygen atoms in total. The monoisotopic (exact) mass is 467 g/mol. The standard InChI is InChI=1S/C24H22ClN3O3S/c1-3-11-32-24-27-23(30)21-19(13-20(29)26-22(21)28(24)2)16-7-9-18(10-8-16)31-14-15-5-4-6-17(25)12-15/h3-10,12,19H,1,11,13-14H2,2H3,(H,26,29)/t19-/m0/s1. The van der Waals surface area contributed by atoms with Gasteiger partial charge in [0, 0.05) is 30.2 Å². The fraction of sp³-hybridized carbons (Fsp3) is 0.208. The second kappa shape index (κ2) is 9.63. The first-order valence-electron chi connectivity index (χ1n) is 10.1. The van der Waals surface area contributed by atoms with Gasteiger partial charge in [0.05, 0.1) is 5.56 Å². The van der Waals surface area contributed by atoms with E-state index in [4.69, 9.17) is 16.3 Å². The molecule has 0 fully saturated rings. The van der Waals surface area contributed by atoms with E-state index in [-0.39, 0.29) is 23.8 Å². The second-order valence-electron chi connectivity index (χ2n) is 7.41. The summed E-state index contributed by atoms with van der Waals surface area (Å²) >= 11 is 7.42. The molecule has 8 heteroatoms. The number of hydrogen-bond donors (Lipinski definition) is 1. The predicted molar refractivity (Wildman–Crippen MR) is 128 cm³/mol. The molecule has 2 aromatic carbocycles. The van der Waals surface area contributed by atoms with Crippen LogP contribution in [-0.4, -0.2) is 21.2 Å². The average molecular weight is 468 g/mol. The summed E-state index contributed by atoms with van der Waals surface area (Å²) in [6, 6.07) is 15.0. The lowest BCUT2D eigenvalue weighted by Gasteiger charge is -2.27. The number of nitrogens with one attached hydrogen (secondary N) is 1. The van der Waals surface area contributed by atoms with Crippen molar-refractivity contribution in [1.82, 2.24) is 9.55 Å². The quantitative estimate of drug-likeness (QED) is 0.308.